The zero-order valence-electron chi connectivity index (χ0n) is 19.4. The van der Waals surface area contributed by atoms with Crippen molar-refractivity contribution < 1.29 is 18.8 Å². The molecule has 2 aromatic rings. The highest BCUT2D eigenvalue weighted by atomic mass is 16.6. The predicted molar refractivity (Wildman–Crippen MR) is 124 cm³/mol. The van der Waals surface area contributed by atoms with E-state index < -0.39 is 11.2 Å². The molecule has 3 fully saturated rings. The van der Waals surface area contributed by atoms with E-state index in [4.69, 9.17) is 14.0 Å². The molecule has 1 saturated carbocycles. The van der Waals surface area contributed by atoms with E-state index in [1.165, 1.54) is 31.7 Å². The average Bonchev–Trinajstić information content (AvgIpc) is 3.41. The van der Waals surface area contributed by atoms with Crippen LogP contribution in [0.3, 0.4) is 0 Å². The highest BCUT2D eigenvalue weighted by molar-refractivity contribution is 5.88. The van der Waals surface area contributed by atoms with Crippen LogP contribution in [0.5, 0.6) is 6.01 Å². The number of nitrogens with one attached hydrogen (secondary N) is 1. The standard InChI is InChI=1S/C24H30N4O6/c1-2-32-24(31)28-17-9-10-18(28)13-16(12-17)27-34-23-25-21(30)20-15(8-7-14-5-3-4-6-14)11-19(29)33-22(20)26-23/h11,14,17-18H,2-10,12-13H2,1H3,(H,25,26,30)/b27-16-/t17-,18+/m1/s1. The number of carbonyl (C=O) groups is 1. The summed E-state index contributed by atoms with van der Waals surface area (Å²) in [5.74, 6) is 0.637. The van der Waals surface area contributed by atoms with E-state index in [1.54, 1.807) is 11.8 Å². The summed E-state index contributed by atoms with van der Waals surface area (Å²) in [6.07, 6.45) is 9.12. The third-order valence-electron chi connectivity index (χ3n) is 7.27. The molecule has 182 valence electrons. The van der Waals surface area contributed by atoms with Crippen molar-refractivity contribution in [3.05, 3.63) is 32.4 Å². The van der Waals surface area contributed by atoms with Gasteiger partial charge in [-0.05, 0) is 44.1 Å². The molecule has 0 unspecified atom stereocenters. The van der Waals surface area contributed by atoms with E-state index >= 15 is 0 Å². The predicted octanol–water partition coefficient (Wildman–Crippen LogP) is 3.52. The Kier molecular flexibility index (Phi) is 6.38. The summed E-state index contributed by atoms with van der Waals surface area (Å²) in [6.45, 7) is 2.14. The van der Waals surface area contributed by atoms with Crippen molar-refractivity contribution in [2.45, 2.75) is 83.2 Å². The minimum absolute atomic E-state index is 0.0317. The molecular formula is C24H30N4O6. The lowest BCUT2D eigenvalue weighted by Crippen LogP contribution is -2.47. The van der Waals surface area contributed by atoms with Crippen LogP contribution in [0.4, 0.5) is 4.79 Å². The summed E-state index contributed by atoms with van der Waals surface area (Å²) < 4.78 is 10.4. The van der Waals surface area contributed by atoms with Crippen LogP contribution >= 0.6 is 0 Å². The summed E-state index contributed by atoms with van der Waals surface area (Å²) in [5, 5.41) is 4.49. The van der Waals surface area contributed by atoms with Crippen LogP contribution in [-0.2, 0) is 11.2 Å². The van der Waals surface area contributed by atoms with Gasteiger partial charge >= 0.3 is 17.7 Å². The van der Waals surface area contributed by atoms with Gasteiger partial charge in [0, 0.05) is 31.0 Å². The summed E-state index contributed by atoms with van der Waals surface area (Å²) in [5.41, 5.74) is 0.468. The number of H-pyrrole nitrogens is 1. The Morgan fingerprint density at radius 3 is 2.65 bits per heavy atom. The fourth-order valence-electron chi connectivity index (χ4n) is 5.70. The van der Waals surface area contributed by atoms with Crippen molar-refractivity contribution >= 4 is 22.9 Å². The summed E-state index contributed by atoms with van der Waals surface area (Å²) in [4.78, 5) is 51.2. The zero-order valence-corrected chi connectivity index (χ0v) is 19.4. The van der Waals surface area contributed by atoms with Gasteiger partial charge in [-0.3, -0.25) is 9.78 Å². The van der Waals surface area contributed by atoms with Crippen molar-refractivity contribution in [3.8, 4) is 6.01 Å². The van der Waals surface area contributed by atoms with Crippen molar-refractivity contribution in [1.29, 1.82) is 0 Å². The first-order valence-corrected chi connectivity index (χ1v) is 12.3. The molecule has 2 aliphatic heterocycles. The van der Waals surface area contributed by atoms with Gasteiger partial charge in [-0.1, -0.05) is 30.8 Å². The summed E-state index contributed by atoms with van der Waals surface area (Å²) in [7, 11) is 0. The molecule has 1 amide bonds. The first-order chi connectivity index (χ1) is 16.5. The Bertz CT molecular complexity index is 1200. The number of hydrogen-bond acceptors (Lipinski definition) is 8. The van der Waals surface area contributed by atoms with Gasteiger partial charge in [-0.2, -0.15) is 4.98 Å². The lowest BCUT2D eigenvalue weighted by Gasteiger charge is -2.34. The van der Waals surface area contributed by atoms with Gasteiger partial charge in [0.1, 0.15) is 5.39 Å². The number of nitrogens with zero attached hydrogens (tertiary/aromatic N) is 3. The van der Waals surface area contributed by atoms with Crippen LogP contribution in [-0.4, -0.2) is 45.4 Å². The molecule has 0 spiro atoms. The smallest absolute Gasteiger partial charge is 0.410 e. The molecule has 4 heterocycles. The van der Waals surface area contributed by atoms with Gasteiger partial charge in [-0.15, -0.1) is 0 Å². The van der Waals surface area contributed by atoms with Gasteiger partial charge in [0.2, 0.25) is 5.71 Å². The van der Waals surface area contributed by atoms with E-state index in [0.717, 1.165) is 25.0 Å². The number of aromatic amines is 1. The topological polar surface area (TPSA) is 127 Å². The molecule has 34 heavy (non-hydrogen) atoms. The van der Waals surface area contributed by atoms with Crippen molar-refractivity contribution in [2.24, 2.45) is 11.1 Å². The van der Waals surface area contributed by atoms with E-state index in [-0.39, 0.29) is 29.9 Å². The van der Waals surface area contributed by atoms with Crippen LogP contribution < -0.4 is 16.0 Å². The molecule has 10 heteroatoms. The van der Waals surface area contributed by atoms with E-state index in [2.05, 4.69) is 15.1 Å². The van der Waals surface area contributed by atoms with Gasteiger partial charge in [0.25, 0.3) is 5.56 Å². The van der Waals surface area contributed by atoms with Crippen molar-refractivity contribution in [2.75, 3.05) is 6.61 Å². The Morgan fingerprint density at radius 2 is 1.94 bits per heavy atom. The third kappa shape index (κ3) is 4.58. The largest absolute Gasteiger partial charge is 0.450 e. The average molecular weight is 471 g/mol. The maximum absolute atomic E-state index is 12.8. The number of aromatic nitrogens is 2. The van der Waals surface area contributed by atoms with Crippen LogP contribution in [0.25, 0.3) is 11.1 Å². The SMILES string of the molecule is CCOC(=O)N1[C@@H]2CC[C@H]1C/C(=N\Oc1nc3oc(=O)cc(CCC4CCCC4)c3c(=O)[nH]1)C2. The quantitative estimate of drug-likeness (QED) is 0.640. The number of ether oxygens (including phenoxy) is 1. The number of aryl methyl sites for hydroxylation is 1. The van der Waals surface area contributed by atoms with Gasteiger partial charge < -0.3 is 18.9 Å². The summed E-state index contributed by atoms with van der Waals surface area (Å²) >= 11 is 0. The molecule has 5 rings (SSSR count). The van der Waals surface area contributed by atoms with Crippen molar-refractivity contribution in [3.63, 3.8) is 0 Å². The normalized spacial score (nSPS) is 23.7. The van der Waals surface area contributed by atoms with Gasteiger partial charge in [0.15, 0.2) is 0 Å². The Balaban J connectivity index is 1.32. The fraction of sp³-hybridized carbons (Fsp3) is 0.625. The number of fused-ring (bicyclic) bond motifs is 3. The first-order valence-electron chi connectivity index (χ1n) is 12.3. The maximum Gasteiger partial charge on any atom is 0.410 e. The number of rotatable bonds is 6. The Labute approximate surface area is 196 Å². The van der Waals surface area contributed by atoms with Crippen LogP contribution in [0, 0.1) is 5.92 Å². The molecular weight excluding hydrogens is 440 g/mol. The molecule has 3 aliphatic rings. The number of hydrogen-bond donors (Lipinski definition) is 1. The molecule has 1 aliphatic carbocycles. The van der Waals surface area contributed by atoms with Crippen LogP contribution in [0.2, 0.25) is 0 Å². The van der Waals surface area contributed by atoms with Gasteiger partial charge in [0.05, 0.1) is 12.3 Å². The zero-order chi connectivity index (χ0) is 23.7. The second kappa shape index (κ2) is 9.60. The van der Waals surface area contributed by atoms with Gasteiger partial charge in [-0.25, -0.2) is 9.59 Å². The molecule has 2 atom stereocenters. The lowest BCUT2D eigenvalue weighted by molar-refractivity contribution is 0.0856. The number of piperidine rings is 1. The molecule has 0 radical (unpaired) electrons. The molecule has 10 nitrogen and oxygen atoms in total. The summed E-state index contributed by atoms with van der Waals surface area (Å²) in [6, 6.07) is 1.33. The third-order valence-corrected chi connectivity index (χ3v) is 7.27. The second-order valence-corrected chi connectivity index (χ2v) is 9.48. The Hall–Kier alpha value is -3.17. The Morgan fingerprint density at radius 1 is 1.21 bits per heavy atom. The minimum atomic E-state index is -0.535. The maximum atomic E-state index is 12.8. The molecule has 1 N–H and O–H groups in total. The monoisotopic (exact) mass is 470 g/mol. The molecule has 0 aromatic carbocycles. The van der Waals surface area contributed by atoms with Crippen LogP contribution in [0.15, 0.2) is 25.2 Å². The van der Waals surface area contributed by atoms with Crippen molar-refractivity contribution in [1.82, 2.24) is 14.9 Å². The fourth-order valence-corrected chi connectivity index (χ4v) is 5.70. The minimum Gasteiger partial charge on any atom is -0.450 e. The highest BCUT2D eigenvalue weighted by Gasteiger charge is 2.43. The number of carbonyl (C=O) groups excluding carboxylic acids is 1. The molecule has 2 saturated heterocycles. The second-order valence-electron chi connectivity index (χ2n) is 9.48. The molecule has 2 bridgehead atoms. The number of amides is 1. The number of oxime groups is 1. The van der Waals surface area contributed by atoms with E-state index in [1.807, 2.05) is 0 Å². The highest BCUT2D eigenvalue weighted by Crippen LogP contribution is 2.35. The molecule has 2 aromatic heterocycles. The van der Waals surface area contributed by atoms with E-state index in [0.29, 0.717) is 42.7 Å². The first kappa shape index (κ1) is 22.6. The van der Waals surface area contributed by atoms with Crippen LogP contribution in [0.1, 0.15) is 70.3 Å². The van der Waals surface area contributed by atoms with E-state index in [9.17, 15) is 14.4 Å². The lowest BCUT2D eigenvalue weighted by atomic mass is 9.97.